The first-order chi connectivity index (χ1) is 8.58. The second-order valence-corrected chi connectivity index (χ2v) is 5.81. The van der Waals surface area contributed by atoms with Gasteiger partial charge in [-0.3, -0.25) is 0 Å². The van der Waals surface area contributed by atoms with Crippen LogP contribution < -0.4 is 5.32 Å². The first-order valence-corrected chi connectivity index (χ1v) is 6.87. The minimum absolute atomic E-state index is 0.0909. The van der Waals surface area contributed by atoms with E-state index in [9.17, 15) is 9.18 Å². The smallest absolute Gasteiger partial charge is 0.332 e. The summed E-state index contributed by atoms with van der Waals surface area (Å²) in [4.78, 5) is 12.0. The first-order valence-electron chi connectivity index (χ1n) is 5.82. The molecule has 0 spiro atoms. The lowest BCUT2D eigenvalue weighted by Crippen LogP contribution is -2.51. The van der Waals surface area contributed by atoms with Crippen molar-refractivity contribution >= 4 is 23.4 Å². The van der Waals surface area contributed by atoms with Crippen LogP contribution in [0, 0.1) is 5.82 Å². The molecule has 2 rings (SSSR count). The van der Waals surface area contributed by atoms with Gasteiger partial charge >= 0.3 is 5.97 Å². The topological polar surface area (TPSA) is 38.3 Å². The molecule has 3 nitrogen and oxygen atoms in total. The van der Waals surface area contributed by atoms with Gasteiger partial charge in [-0.1, -0.05) is 13.0 Å². The Kier molecular flexibility index (Phi) is 3.80. The van der Waals surface area contributed by atoms with E-state index in [0.717, 1.165) is 5.75 Å². The standard InChI is InChI=1S/C13H16FNO2S/c1-9-13(6-7-18-9,12(16)17-2)15-11-5-3-4-10(14)8-11/h3-5,8-9,15H,6-7H2,1-2H3. The van der Waals surface area contributed by atoms with Crippen molar-refractivity contribution in [3.8, 4) is 0 Å². The van der Waals surface area contributed by atoms with Crippen molar-refractivity contribution in [2.45, 2.75) is 24.1 Å². The number of thioether (sulfide) groups is 1. The largest absolute Gasteiger partial charge is 0.467 e. The van der Waals surface area contributed by atoms with Crippen LogP contribution in [-0.4, -0.2) is 29.6 Å². The predicted octanol–water partition coefficient (Wildman–Crippen LogP) is 2.67. The summed E-state index contributed by atoms with van der Waals surface area (Å²) in [6, 6.07) is 6.14. The van der Waals surface area contributed by atoms with Crippen LogP contribution in [0.25, 0.3) is 0 Å². The highest BCUT2D eigenvalue weighted by molar-refractivity contribution is 8.00. The Morgan fingerprint density at radius 3 is 2.94 bits per heavy atom. The van der Waals surface area contributed by atoms with Gasteiger partial charge in [0.2, 0.25) is 0 Å². The third-order valence-corrected chi connectivity index (χ3v) is 4.64. The molecule has 2 unspecified atom stereocenters. The first kappa shape index (κ1) is 13.2. The molecule has 1 fully saturated rings. The Morgan fingerprint density at radius 2 is 2.39 bits per heavy atom. The van der Waals surface area contributed by atoms with E-state index in [-0.39, 0.29) is 17.0 Å². The minimum Gasteiger partial charge on any atom is -0.467 e. The van der Waals surface area contributed by atoms with Crippen molar-refractivity contribution in [3.63, 3.8) is 0 Å². The molecule has 1 aliphatic heterocycles. The van der Waals surface area contributed by atoms with Crippen LogP contribution in [0.1, 0.15) is 13.3 Å². The molecule has 18 heavy (non-hydrogen) atoms. The number of nitrogens with one attached hydrogen (secondary N) is 1. The fraction of sp³-hybridized carbons (Fsp3) is 0.462. The van der Waals surface area contributed by atoms with Gasteiger partial charge in [-0.05, 0) is 30.4 Å². The van der Waals surface area contributed by atoms with Crippen molar-refractivity contribution in [2.24, 2.45) is 0 Å². The van der Waals surface area contributed by atoms with Crippen molar-refractivity contribution < 1.29 is 13.9 Å². The van der Waals surface area contributed by atoms with Crippen LogP contribution in [0.3, 0.4) is 0 Å². The normalized spacial score (nSPS) is 26.9. The third kappa shape index (κ3) is 2.32. The molecule has 0 radical (unpaired) electrons. The molecule has 0 aromatic heterocycles. The van der Waals surface area contributed by atoms with E-state index in [2.05, 4.69) is 5.32 Å². The van der Waals surface area contributed by atoms with Gasteiger partial charge in [-0.15, -0.1) is 0 Å². The molecular weight excluding hydrogens is 253 g/mol. The minimum atomic E-state index is -0.757. The van der Waals surface area contributed by atoms with Crippen LogP contribution >= 0.6 is 11.8 Å². The fourth-order valence-corrected chi connectivity index (χ4v) is 3.58. The molecular formula is C13H16FNO2S. The quantitative estimate of drug-likeness (QED) is 0.856. The molecule has 0 aliphatic carbocycles. The highest BCUT2D eigenvalue weighted by Crippen LogP contribution is 2.39. The van der Waals surface area contributed by atoms with Gasteiger partial charge in [-0.2, -0.15) is 11.8 Å². The molecule has 1 heterocycles. The molecule has 2 atom stereocenters. The molecule has 0 amide bonds. The molecule has 1 N–H and O–H groups in total. The van der Waals surface area contributed by atoms with Gasteiger partial charge in [0.15, 0.2) is 0 Å². The Labute approximate surface area is 110 Å². The second-order valence-electron chi connectivity index (χ2n) is 4.36. The number of ether oxygens (including phenoxy) is 1. The summed E-state index contributed by atoms with van der Waals surface area (Å²) in [5.74, 6) is 0.279. The van der Waals surface area contributed by atoms with E-state index in [1.165, 1.54) is 19.2 Å². The van der Waals surface area contributed by atoms with Crippen LogP contribution in [0.15, 0.2) is 24.3 Å². The van der Waals surface area contributed by atoms with Crippen LogP contribution in [0.2, 0.25) is 0 Å². The van der Waals surface area contributed by atoms with Crippen LogP contribution in [0.4, 0.5) is 10.1 Å². The van der Waals surface area contributed by atoms with Crippen LogP contribution in [-0.2, 0) is 9.53 Å². The van der Waals surface area contributed by atoms with E-state index in [4.69, 9.17) is 4.74 Å². The Hall–Kier alpha value is -1.23. The summed E-state index contributed by atoms with van der Waals surface area (Å²) in [6.07, 6.45) is 0.683. The average molecular weight is 269 g/mol. The lowest BCUT2D eigenvalue weighted by molar-refractivity contribution is -0.145. The maximum absolute atomic E-state index is 13.2. The van der Waals surface area contributed by atoms with E-state index < -0.39 is 5.54 Å². The van der Waals surface area contributed by atoms with Gasteiger partial charge in [0.25, 0.3) is 0 Å². The van der Waals surface area contributed by atoms with Gasteiger partial charge in [0.05, 0.1) is 7.11 Å². The summed E-state index contributed by atoms with van der Waals surface area (Å²) in [6.45, 7) is 1.99. The molecule has 0 bridgehead atoms. The average Bonchev–Trinajstić information content (AvgIpc) is 2.71. The lowest BCUT2D eigenvalue weighted by Gasteiger charge is -2.32. The molecule has 0 saturated carbocycles. The monoisotopic (exact) mass is 269 g/mol. The number of halogens is 1. The van der Waals surface area contributed by atoms with E-state index in [1.54, 1.807) is 23.9 Å². The van der Waals surface area contributed by atoms with E-state index in [1.807, 2.05) is 6.92 Å². The number of rotatable bonds is 3. The zero-order chi connectivity index (χ0) is 13.2. The highest BCUT2D eigenvalue weighted by Gasteiger charge is 2.48. The number of carbonyl (C=O) groups excluding carboxylic acids is 1. The predicted molar refractivity (Wildman–Crippen MR) is 71.3 cm³/mol. The SMILES string of the molecule is COC(=O)C1(Nc2cccc(F)c2)CCSC1C. The summed E-state index contributed by atoms with van der Waals surface area (Å²) in [5, 5.41) is 3.25. The lowest BCUT2D eigenvalue weighted by atomic mass is 9.92. The van der Waals surface area contributed by atoms with Gasteiger partial charge in [0.1, 0.15) is 11.4 Å². The summed E-state index contributed by atoms with van der Waals surface area (Å²) in [7, 11) is 1.38. The van der Waals surface area contributed by atoms with Gasteiger partial charge < -0.3 is 10.1 Å². The molecule has 1 aromatic rings. The number of carbonyl (C=O) groups is 1. The number of hydrogen-bond acceptors (Lipinski definition) is 4. The van der Waals surface area contributed by atoms with Crippen LogP contribution in [0.5, 0.6) is 0 Å². The summed E-state index contributed by atoms with van der Waals surface area (Å²) in [5.41, 5.74) is -0.150. The van der Waals surface area contributed by atoms with Crippen molar-refractivity contribution in [1.82, 2.24) is 0 Å². The summed E-state index contributed by atoms with van der Waals surface area (Å²) >= 11 is 1.71. The maximum atomic E-state index is 13.2. The molecule has 98 valence electrons. The number of hydrogen-bond donors (Lipinski definition) is 1. The third-order valence-electron chi connectivity index (χ3n) is 3.30. The van der Waals surface area contributed by atoms with Crippen molar-refractivity contribution in [2.75, 3.05) is 18.2 Å². The number of methoxy groups -OCH3 is 1. The summed E-state index contributed by atoms with van der Waals surface area (Å²) < 4.78 is 18.1. The van der Waals surface area contributed by atoms with E-state index >= 15 is 0 Å². The maximum Gasteiger partial charge on any atom is 0.332 e. The second kappa shape index (κ2) is 5.18. The Balaban J connectivity index is 2.29. The zero-order valence-electron chi connectivity index (χ0n) is 10.4. The Morgan fingerprint density at radius 1 is 1.61 bits per heavy atom. The Bertz CT molecular complexity index is 454. The molecule has 1 aromatic carbocycles. The number of benzene rings is 1. The number of anilines is 1. The molecule has 5 heteroatoms. The van der Waals surface area contributed by atoms with Gasteiger partial charge in [-0.25, -0.2) is 9.18 Å². The highest BCUT2D eigenvalue weighted by atomic mass is 32.2. The van der Waals surface area contributed by atoms with Crippen molar-refractivity contribution in [1.29, 1.82) is 0 Å². The molecule has 1 saturated heterocycles. The van der Waals surface area contributed by atoms with E-state index in [0.29, 0.717) is 12.1 Å². The fourth-order valence-electron chi connectivity index (χ4n) is 2.23. The van der Waals surface area contributed by atoms with Gasteiger partial charge in [0, 0.05) is 10.9 Å². The van der Waals surface area contributed by atoms with Crippen molar-refractivity contribution in [3.05, 3.63) is 30.1 Å². The number of esters is 1. The molecule has 1 aliphatic rings. The zero-order valence-corrected chi connectivity index (χ0v) is 11.2.